The number of nitrogens with zero attached hydrogens (tertiary/aromatic N) is 1. The van der Waals surface area contributed by atoms with Crippen molar-refractivity contribution in [1.29, 1.82) is 0 Å². The molecular formula is C19H17ClN2O4. The zero-order valence-corrected chi connectivity index (χ0v) is 14.7. The van der Waals surface area contributed by atoms with Gasteiger partial charge in [-0.3, -0.25) is 4.79 Å². The van der Waals surface area contributed by atoms with Gasteiger partial charge in [0.15, 0.2) is 17.1 Å². The van der Waals surface area contributed by atoms with Gasteiger partial charge in [0, 0.05) is 11.9 Å². The minimum Gasteiger partial charge on any atom is -0.486 e. The number of para-hydroxylation sites is 1. The van der Waals surface area contributed by atoms with Crippen molar-refractivity contribution < 1.29 is 18.8 Å². The van der Waals surface area contributed by atoms with Crippen molar-refractivity contribution in [2.75, 3.05) is 19.8 Å². The number of halogens is 1. The minimum absolute atomic E-state index is 0.104. The Kier molecular flexibility index (Phi) is 4.67. The molecule has 1 N–H and O–H groups in total. The lowest BCUT2D eigenvalue weighted by Gasteiger charge is -2.20. The summed E-state index contributed by atoms with van der Waals surface area (Å²) >= 11 is 6.23. The molecule has 26 heavy (non-hydrogen) atoms. The van der Waals surface area contributed by atoms with E-state index in [2.05, 4.69) is 10.5 Å². The Labute approximate surface area is 155 Å². The largest absolute Gasteiger partial charge is 0.486 e. The summed E-state index contributed by atoms with van der Waals surface area (Å²) in [5.74, 6) is 1.13. The topological polar surface area (TPSA) is 73.6 Å². The lowest BCUT2D eigenvalue weighted by Crippen LogP contribution is -2.27. The van der Waals surface area contributed by atoms with Crippen molar-refractivity contribution in [3.8, 4) is 11.5 Å². The Bertz CT molecular complexity index is 954. The average molecular weight is 373 g/mol. The van der Waals surface area contributed by atoms with Gasteiger partial charge in [-0.25, -0.2) is 0 Å². The van der Waals surface area contributed by atoms with Gasteiger partial charge in [-0.2, -0.15) is 0 Å². The van der Waals surface area contributed by atoms with Crippen LogP contribution in [0.15, 0.2) is 40.9 Å². The van der Waals surface area contributed by atoms with E-state index in [1.165, 1.54) is 0 Å². The first-order valence-corrected chi connectivity index (χ1v) is 8.76. The van der Waals surface area contributed by atoms with Crippen molar-refractivity contribution in [3.05, 3.63) is 52.7 Å². The third-order valence-corrected chi connectivity index (χ3v) is 4.45. The van der Waals surface area contributed by atoms with Crippen molar-refractivity contribution in [2.24, 2.45) is 0 Å². The molecule has 1 amide bonds. The van der Waals surface area contributed by atoms with E-state index in [1.807, 2.05) is 36.4 Å². The van der Waals surface area contributed by atoms with Crippen LogP contribution in [0.4, 0.5) is 0 Å². The zero-order valence-electron chi connectivity index (χ0n) is 14.0. The summed E-state index contributed by atoms with van der Waals surface area (Å²) in [4.78, 5) is 12.2. The molecule has 0 aliphatic carbocycles. The lowest BCUT2D eigenvalue weighted by atomic mass is 10.1. The molecule has 2 heterocycles. The summed E-state index contributed by atoms with van der Waals surface area (Å²) < 4.78 is 16.3. The van der Waals surface area contributed by atoms with Gasteiger partial charge in [0.1, 0.15) is 18.9 Å². The van der Waals surface area contributed by atoms with Gasteiger partial charge in [-0.05, 0) is 36.2 Å². The van der Waals surface area contributed by atoms with Crippen LogP contribution in [0.2, 0.25) is 5.02 Å². The Morgan fingerprint density at radius 3 is 2.96 bits per heavy atom. The summed E-state index contributed by atoms with van der Waals surface area (Å²) in [6, 6.07) is 11.2. The first kappa shape index (κ1) is 16.7. The molecule has 0 saturated carbocycles. The molecule has 0 spiro atoms. The second kappa shape index (κ2) is 7.25. The number of benzene rings is 2. The standard InChI is InChI=1S/C19H17ClN2O4/c20-14-9-12(10-17-19(14)25-8-7-24-17)5-6-21-18(23)11-15-13-3-1-2-4-16(13)26-22-15/h1-4,9-10H,5-8,11H2,(H,21,23). The van der Waals surface area contributed by atoms with Crippen LogP contribution in [0, 0.1) is 0 Å². The third-order valence-electron chi connectivity index (χ3n) is 4.17. The monoisotopic (exact) mass is 372 g/mol. The number of aromatic nitrogens is 1. The van der Waals surface area contributed by atoms with E-state index in [-0.39, 0.29) is 12.3 Å². The van der Waals surface area contributed by atoms with Crippen LogP contribution in [-0.2, 0) is 17.6 Å². The fraction of sp³-hybridized carbons (Fsp3) is 0.263. The quantitative estimate of drug-likeness (QED) is 0.744. The molecule has 0 radical (unpaired) electrons. The fourth-order valence-electron chi connectivity index (χ4n) is 2.94. The molecule has 0 bridgehead atoms. The number of fused-ring (bicyclic) bond motifs is 2. The summed E-state index contributed by atoms with van der Waals surface area (Å²) in [5.41, 5.74) is 2.30. The highest BCUT2D eigenvalue weighted by Gasteiger charge is 2.17. The van der Waals surface area contributed by atoms with Crippen molar-refractivity contribution in [3.63, 3.8) is 0 Å². The van der Waals surface area contributed by atoms with Crippen molar-refractivity contribution >= 4 is 28.5 Å². The maximum atomic E-state index is 12.2. The van der Waals surface area contributed by atoms with Crippen LogP contribution in [0.5, 0.6) is 11.5 Å². The van der Waals surface area contributed by atoms with Crippen LogP contribution >= 0.6 is 11.6 Å². The number of ether oxygens (including phenoxy) is 2. The predicted molar refractivity (Wildman–Crippen MR) is 96.9 cm³/mol. The van der Waals surface area contributed by atoms with Gasteiger partial charge < -0.3 is 19.3 Å². The molecular weight excluding hydrogens is 356 g/mol. The first-order valence-electron chi connectivity index (χ1n) is 8.39. The van der Waals surface area contributed by atoms with E-state index in [1.54, 1.807) is 0 Å². The number of rotatable bonds is 5. The zero-order chi connectivity index (χ0) is 17.9. The van der Waals surface area contributed by atoms with Crippen molar-refractivity contribution in [1.82, 2.24) is 10.5 Å². The molecule has 3 aromatic rings. The molecule has 0 saturated heterocycles. The van der Waals surface area contributed by atoms with Crippen LogP contribution < -0.4 is 14.8 Å². The Morgan fingerprint density at radius 2 is 2.04 bits per heavy atom. The van der Waals surface area contributed by atoms with E-state index < -0.39 is 0 Å². The summed E-state index contributed by atoms with van der Waals surface area (Å²) in [6.45, 7) is 1.50. The van der Waals surface area contributed by atoms with Gasteiger partial charge in [0.25, 0.3) is 0 Å². The van der Waals surface area contributed by atoms with E-state index in [4.69, 9.17) is 25.6 Å². The van der Waals surface area contributed by atoms with Crippen molar-refractivity contribution in [2.45, 2.75) is 12.8 Å². The lowest BCUT2D eigenvalue weighted by molar-refractivity contribution is -0.120. The normalized spacial score (nSPS) is 13.0. The highest BCUT2D eigenvalue weighted by atomic mass is 35.5. The highest BCUT2D eigenvalue weighted by Crippen LogP contribution is 2.38. The van der Waals surface area contributed by atoms with E-state index in [9.17, 15) is 4.79 Å². The third kappa shape index (κ3) is 3.46. The number of carbonyl (C=O) groups excluding carboxylic acids is 1. The molecule has 1 aliphatic heterocycles. The van der Waals surface area contributed by atoms with Crippen LogP contribution in [0.25, 0.3) is 11.0 Å². The molecule has 0 fully saturated rings. The van der Waals surface area contributed by atoms with E-state index in [0.717, 1.165) is 10.9 Å². The molecule has 7 heteroatoms. The molecule has 4 rings (SSSR count). The van der Waals surface area contributed by atoms with Gasteiger partial charge in [-0.1, -0.05) is 28.9 Å². The van der Waals surface area contributed by atoms with Gasteiger partial charge in [0.2, 0.25) is 5.91 Å². The Hall–Kier alpha value is -2.73. The van der Waals surface area contributed by atoms with Crippen LogP contribution in [0.3, 0.4) is 0 Å². The number of carbonyl (C=O) groups is 1. The highest BCUT2D eigenvalue weighted by molar-refractivity contribution is 6.32. The molecule has 1 aliphatic rings. The number of hydrogen-bond donors (Lipinski definition) is 1. The number of amides is 1. The fourth-order valence-corrected chi connectivity index (χ4v) is 3.22. The summed E-state index contributed by atoms with van der Waals surface area (Å²) in [7, 11) is 0. The van der Waals surface area contributed by atoms with Gasteiger partial charge in [0.05, 0.1) is 11.4 Å². The average Bonchev–Trinajstić information content (AvgIpc) is 3.05. The van der Waals surface area contributed by atoms with Gasteiger partial charge in [-0.15, -0.1) is 0 Å². The smallest absolute Gasteiger partial charge is 0.226 e. The minimum atomic E-state index is -0.104. The first-order chi connectivity index (χ1) is 12.7. The molecule has 0 atom stereocenters. The summed E-state index contributed by atoms with van der Waals surface area (Å²) in [6.07, 6.45) is 0.820. The summed E-state index contributed by atoms with van der Waals surface area (Å²) in [5, 5.41) is 8.26. The predicted octanol–water partition coefficient (Wildman–Crippen LogP) is 3.15. The Balaban J connectivity index is 1.34. The maximum Gasteiger partial charge on any atom is 0.226 e. The Morgan fingerprint density at radius 1 is 1.19 bits per heavy atom. The van der Waals surface area contributed by atoms with E-state index >= 15 is 0 Å². The molecule has 2 aromatic carbocycles. The maximum absolute atomic E-state index is 12.2. The van der Waals surface area contributed by atoms with Gasteiger partial charge >= 0.3 is 0 Å². The molecule has 134 valence electrons. The van der Waals surface area contributed by atoms with E-state index in [0.29, 0.717) is 54.0 Å². The SMILES string of the molecule is O=C(Cc1noc2ccccc12)NCCc1cc(Cl)c2c(c1)OCCO2. The number of nitrogens with one attached hydrogen (secondary N) is 1. The molecule has 1 aromatic heterocycles. The molecule has 0 unspecified atom stereocenters. The van der Waals surface area contributed by atoms with Crippen LogP contribution in [0.1, 0.15) is 11.3 Å². The second-order valence-electron chi connectivity index (χ2n) is 6.00. The number of hydrogen-bond acceptors (Lipinski definition) is 5. The van der Waals surface area contributed by atoms with Crippen LogP contribution in [-0.4, -0.2) is 30.8 Å². The molecule has 6 nitrogen and oxygen atoms in total. The second-order valence-corrected chi connectivity index (χ2v) is 6.41.